The largest absolute Gasteiger partial charge is 0.459 e. The first-order valence-corrected chi connectivity index (χ1v) is 7.43. The number of para-hydroxylation sites is 1. The second kappa shape index (κ2) is 5.01. The summed E-state index contributed by atoms with van der Waals surface area (Å²) in [4.78, 5) is 0. The van der Waals surface area contributed by atoms with Crippen LogP contribution in [0.4, 0.5) is 0 Å². The van der Waals surface area contributed by atoms with Crippen LogP contribution < -0.4 is 5.32 Å². The fourth-order valence-corrected chi connectivity index (χ4v) is 3.04. The van der Waals surface area contributed by atoms with E-state index in [2.05, 4.69) is 50.4 Å². The molecule has 1 aliphatic rings. The lowest BCUT2D eigenvalue weighted by molar-refractivity contribution is 0.310. The third kappa shape index (κ3) is 2.42. The molecule has 102 valence electrons. The molecule has 1 saturated carbocycles. The smallest absolute Gasteiger partial charge is 0.137 e. The lowest BCUT2D eigenvalue weighted by Gasteiger charge is -2.22. The van der Waals surface area contributed by atoms with Gasteiger partial charge in [-0.25, -0.2) is 0 Å². The van der Waals surface area contributed by atoms with E-state index in [9.17, 15) is 0 Å². The van der Waals surface area contributed by atoms with E-state index < -0.39 is 0 Å². The summed E-state index contributed by atoms with van der Waals surface area (Å²) in [6, 6.07) is 8.92. The Hall–Kier alpha value is -1.28. The highest BCUT2D eigenvalue weighted by atomic mass is 16.3. The molecule has 0 aliphatic heterocycles. The second-order valence-corrected chi connectivity index (χ2v) is 5.87. The monoisotopic (exact) mass is 257 g/mol. The number of aryl methyl sites for hydroxylation is 1. The summed E-state index contributed by atoms with van der Waals surface area (Å²) in [5.41, 5.74) is 2.27. The van der Waals surface area contributed by atoms with Gasteiger partial charge in [0.05, 0.1) is 6.04 Å². The number of hydrogen-bond donors (Lipinski definition) is 1. The van der Waals surface area contributed by atoms with E-state index in [1.54, 1.807) is 0 Å². The zero-order valence-electron chi connectivity index (χ0n) is 12.1. The summed E-state index contributed by atoms with van der Waals surface area (Å²) in [7, 11) is 0. The van der Waals surface area contributed by atoms with E-state index >= 15 is 0 Å². The van der Waals surface area contributed by atoms with Gasteiger partial charge in [-0.3, -0.25) is 0 Å². The number of hydrogen-bond acceptors (Lipinski definition) is 2. The van der Waals surface area contributed by atoms with Crippen LogP contribution in [0.1, 0.15) is 44.1 Å². The lowest BCUT2D eigenvalue weighted by Crippen LogP contribution is -2.27. The van der Waals surface area contributed by atoms with Gasteiger partial charge in [-0.05, 0) is 49.8 Å². The van der Waals surface area contributed by atoms with Gasteiger partial charge in [0.1, 0.15) is 11.3 Å². The first-order chi connectivity index (χ1) is 9.20. The molecule has 2 unspecified atom stereocenters. The topological polar surface area (TPSA) is 25.2 Å². The summed E-state index contributed by atoms with van der Waals surface area (Å²) in [5, 5.41) is 4.83. The molecule has 0 saturated heterocycles. The number of rotatable bonds is 5. The molecule has 1 N–H and O–H groups in total. The van der Waals surface area contributed by atoms with Crippen LogP contribution in [-0.2, 0) is 0 Å². The molecule has 0 bridgehead atoms. The van der Waals surface area contributed by atoms with Crippen molar-refractivity contribution < 1.29 is 4.42 Å². The predicted octanol–water partition coefficient (Wildman–Crippen LogP) is 4.44. The van der Waals surface area contributed by atoms with Crippen LogP contribution in [0, 0.1) is 18.8 Å². The van der Waals surface area contributed by atoms with Crippen molar-refractivity contribution in [2.45, 2.75) is 39.7 Å². The number of benzene rings is 1. The Morgan fingerprint density at radius 1 is 1.37 bits per heavy atom. The van der Waals surface area contributed by atoms with Gasteiger partial charge in [-0.15, -0.1) is 0 Å². The molecule has 2 heteroatoms. The molecule has 3 rings (SSSR count). The van der Waals surface area contributed by atoms with Crippen molar-refractivity contribution >= 4 is 11.0 Å². The average molecular weight is 257 g/mol. The first kappa shape index (κ1) is 12.7. The van der Waals surface area contributed by atoms with Gasteiger partial charge in [0.15, 0.2) is 0 Å². The summed E-state index contributed by atoms with van der Waals surface area (Å²) >= 11 is 0. The average Bonchev–Trinajstić information content (AvgIpc) is 3.15. The minimum Gasteiger partial charge on any atom is -0.459 e. The molecule has 2 atom stereocenters. The van der Waals surface area contributed by atoms with Crippen LogP contribution in [0.5, 0.6) is 0 Å². The third-order valence-corrected chi connectivity index (χ3v) is 4.38. The van der Waals surface area contributed by atoms with E-state index in [0.717, 1.165) is 23.8 Å². The lowest BCUT2D eigenvalue weighted by atomic mass is 9.94. The fraction of sp³-hybridized carbons (Fsp3) is 0.529. The number of furan rings is 1. The zero-order valence-corrected chi connectivity index (χ0v) is 12.1. The molecule has 2 nitrogen and oxygen atoms in total. The quantitative estimate of drug-likeness (QED) is 0.856. The van der Waals surface area contributed by atoms with E-state index in [1.165, 1.54) is 23.8 Å². The molecule has 1 aliphatic carbocycles. The van der Waals surface area contributed by atoms with Crippen molar-refractivity contribution in [2.24, 2.45) is 11.8 Å². The third-order valence-electron chi connectivity index (χ3n) is 4.38. The van der Waals surface area contributed by atoms with Crippen molar-refractivity contribution in [1.29, 1.82) is 0 Å². The van der Waals surface area contributed by atoms with Gasteiger partial charge in [-0.1, -0.05) is 32.0 Å². The maximum Gasteiger partial charge on any atom is 0.137 e. The molecule has 19 heavy (non-hydrogen) atoms. The minimum atomic E-state index is 0.351. The van der Waals surface area contributed by atoms with Crippen LogP contribution in [0.3, 0.4) is 0 Å². The van der Waals surface area contributed by atoms with E-state index in [-0.39, 0.29) is 0 Å². The van der Waals surface area contributed by atoms with Gasteiger partial charge < -0.3 is 9.73 Å². The number of nitrogens with one attached hydrogen (secondary N) is 1. The second-order valence-electron chi connectivity index (χ2n) is 5.87. The van der Waals surface area contributed by atoms with Crippen LogP contribution in [0.25, 0.3) is 11.0 Å². The fourth-order valence-electron chi connectivity index (χ4n) is 3.04. The Balaban J connectivity index is 1.97. The SMILES string of the molecule is CCNC(c1cc2cccc(C)c2o1)C(C)C1CC1. The maximum absolute atomic E-state index is 6.15. The zero-order chi connectivity index (χ0) is 13.4. The molecule has 1 aromatic heterocycles. The van der Waals surface area contributed by atoms with E-state index in [0.29, 0.717) is 12.0 Å². The van der Waals surface area contributed by atoms with E-state index in [4.69, 9.17) is 4.42 Å². The molecule has 2 aromatic rings. The van der Waals surface area contributed by atoms with Gasteiger partial charge in [0, 0.05) is 5.39 Å². The molecule has 1 aromatic carbocycles. The van der Waals surface area contributed by atoms with Crippen LogP contribution in [-0.4, -0.2) is 6.54 Å². The van der Waals surface area contributed by atoms with Crippen molar-refractivity contribution in [2.75, 3.05) is 6.54 Å². The standard InChI is InChI=1S/C17H23NO/c1-4-18-16(12(3)13-8-9-13)15-10-14-7-5-6-11(2)17(14)19-15/h5-7,10,12-13,16,18H,4,8-9H2,1-3H3. The molecule has 1 fully saturated rings. The molecule has 1 heterocycles. The van der Waals surface area contributed by atoms with Gasteiger partial charge in [-0.2, -0.15) is 0 Å². The molecule has 0 spiro atoms. The van der Waals surface area contributed by atoms with Crippen molar-refractivity contribution in [3.05, 3.63) is 35.6 Å². The Morgan fingerprint density at radius 3 is 2.79 bits per heavy atom. The van der Waals surface area contributed by atoms with Gasteiger partial charge in [0.25, 0.3) is 0 Å². The molecular weight excluding hydrogens is 234 g/mol. The highest BCUT2D eigenvalue weighted by Crippen LogP contribution is 2.43. The van der Waals surface area contributed by atoms with Crippen LogP contribution >= 0.6 is 0 Å². The summed E-state index contributed by atoms with van der Waals surface area (Å²) in [6.45, 7) is 7.62. The summed E-state index contributed by atoms with van der Waals surface area (Å²) in [5.74, 6) is 2.63. The first-order valence-electron chi connectivity index (χ1n) is 7.43. The van der Waals surface area contributed by atoms with Crippen molar-refractivity contribution in [3.8, 4) is 0 Å². The van der Waals surface area contributed by atoms with Crippen LogP contribution in [0.2, 0.25) is 0 Å². The van der Waals surface area contributed by atoms with Gasteiger partial charge in [0.2, 0.25) is 0 Å². The number of fused-ring (bicyclic) bond motifs is 1. The normalized spacial score (nSPS) is 18.7. The maximum atomic E-state index is 6.15. The Labute approximate surface area is 115 Å². The highest BCUT2D eigenvalue weighted by molar-refractivity contribution is 5.81. The van der Waals surface area contributed by atoms with Crippen LogP contribution in [0.15, 0.2) is 28.7 Å². The molecule has 0 radical (unpaired) electrons. The van der Waals surface area contributed by atoms with E-state index in [1.807, 2.05) is 0 Å². The minimum absolute atomic E-state index is 0.351. The molecular formula is C17H23NO. The van der Waals surface area contributed by atoms with Crippen molar-refractivity contribution in [1.82, 2.24) is 5.32 Å². The van der Waals surface area contributed by atoms with Crippen molar-refractivity contribution in [3.63, 3.8) is 0 Å². The predicted molar refractivity (Wildman–Crippen MR) is 79.3 cm³/mol. The summed E-state index contributed by atoms with van der Waals surface area (Å²) in [6.07, 6.45) is 2.75. The molecule has 0 amide bonds. The van der Waals surface area contributed by atoms with Gasteiger partial charge >= 0.3 is 0 Å². The Morgan fingerprint density at radius 2 is 2.16 bits per heavy atom. The Bertz CT molecular complexity index is 568. The summed E-state index contributed by atoms with van der Waals surface area (Å²) < 4.78 is 6.15. The Kier molecular flexibility index (Phi) is 3.36. The highest BCUT2D eigenvalue weighted by Gasteiger charge is 2.35.